The Labute approximate surface area is 132 Å². The van der Waals surface area contributed by atoms with Crippen molar-refractivity contribution in [2.24, 2.45) is 5.92 Å². The lowest BCUT2D eigenvalue weighted by atomic mass is 9.94. The molecule has 2 aliphatic rings. The monoisotopic (exact) mass is 302 g/mol. The topological polar surface area (TPSA) is 58.1 Å². The molecule has 0 atom stereocenters. The second kappa shape index (κ2) is 6.73. The van der Waals surface area contributed by atoms with Gasteiger partial charge in [0.1, 0.15) is 5.82 Å². The zero-order valence-corrected chi connectivity index (χ0v) is 13.6. The van der Waals surface area contributed by atoms with Gasteiger partial charge < -0.3 is 10.2 Å². The van der Waals surface area contributed by atoms with Crippen molar-refractivity contribution in [2.75, 3.05) is 19.6 Å². The summed E-state index contributed by atoms with van der Waals surface area (Å²) in [6, 6.07) is 0. The van der Waals surface area contributed by atoms with Crippen LogP contribution in [0.5, 0.6) is 0 Å². The Hall–Kier alpha value is -1.49. The van der Waals surface area contributed by atoms with E-state index in [0.29, 0.717) is 24.2 Å². The van der Waals surface area contributed by atoms with Crippen molar-refractivity contribution in [2.45, 2.75) is 52.0 Å². The zero-order chi connectivity index (χ0) is 15.5. The summed E-state index contributed by atoms with van der Waals surface area (Å²) in [5, 5.41) is 3.35. The minimum atomic E-state index is 0.297. The molecule has 5 nitrogen and oxygen atoms in total. The minimum absolute atomic E-state index is 0.297. The van der Waals surface area contributed by atoms with Gasteiger partial charge in [-0.05, 0) is 18.8 Å². The minimum Gasteiger partial charge on any atom is -0.343 e. The van der Waals surface area contributed by atoms with Gasteiger partial charge in [-0.25, -0.2) is 9.97 Å². The maximum absolute atomic E-state index is 12.1. The molecule has 0 spiro atoms. The van der Waals surface area contributed by atoms with Gasteiger partial charge in [-0.3, -0.25) is 4.79 Å². The summed E-state index contributed by atoms with van der Waals surface area (Å²) in [4.78, 5) is 23.5. The predicted molar refractivity (Wildman–Crippen MR) is 85.5 cm³/mol. The Morgan fingerprint density at radius 2 is 2.18 bits per heavy atom. The molecule has 0 bridgehead atoms. The van der Waals surface area contributed by atoms with Crippen molar-refractivity contribution in [1.82, 2.24) is 20.2 Å². The Kier molecular flexibility index (Phi) is 4.71. The van der Waals surface area contributed by atoms with E-state index in [2.05, 4.69) is 24.1 Å². The van der Waals surface area contributed by atoms with E-state index in [9.17, 15) is 4.79 Å². The van der Waals surface area contributed by atoms with Crippen LogP contribution < -0.4 is 5.32 Å². The van der Waals surface area contributed by atoms with Gasteiger partial charge in [0.25, 0.3) is 0 Å². The zero-order valence-electron chi connectivity index (χ0n) is 13.6. The molecule has 0 unspecified atom stereocenters. The molecule has 1 aromatic heterocycles. The highest BCUT2D eigenvalue weighted by Gasteiger charge is 2.26. The predicted octanol–water partition coefficient (Wildman–Crippen LogP) is 1.87. The highest BCUT2D eigenvalue weighted by molar-refractivity contribution is 5.76. The highest BCUT2D eigenvalue weighted by Crippen LogP contribution is 2.27. The molecular weight excluding hydrogens is 276 g/mol. The van der Waals surface area contributed by atoms with Gasteiger partial charge >= 0.3 is 0 Å². The van der Waals surface area contributed by atoms with Crippen molar-refractivity contribution in [3.05, 3.63) is 23.3 Å². The number of carbonyl (C=O) groups is 1. The van der Waals surface area contributed by atoms with Crippen LogP contribution in [0.2, 0.25) is 0 Å². The molecule has 22 heavy (non-hydrogen) atoms. The normalized spacial score (nSPS) is 19.3. The molecule has 1 aromatic rings. The lowest BCUT2D eigenvalue weighted by Gasteiger charge is -2.32. The summed E-state index contributed by atoms with van der Waals surface area (Å²) < 4.78 is 0. The molecule has 3 rings (SSSR count). The molecule has 120 valence electrons. The molecule has 1 saturated heterocycles. The van der Waals surface area contributed by atoms with Gasteiger partial charge in [0, 0.05) is 62.4 Å². The van der Waals surface area contributed by atoms with Crippen molar-refractivity contribution in [3.63, 3.8) is 0 Å². The van der Waals surface area contributed by atoms with Crippen molar-refractivity contribution >= 4 is 5.91 Å². The lowest BCUT2D eigenvalue weighted by molar-refractivity contribution is -0.133. The fourth-order valence-electron chi connectivity index (χ4n) is 3.31. The highest BCUT2D eigenvalue weighted by atomic mass is 16.2. The van der Waals surface area contributed by atoms with Crippen molar-refractivity contribution in [3.8, 4) is 0 Å². The van der Waals surface area contributed by atoms with E-state index >= 15 is 0 Å². The van der Waals surface area contributed by atoms with Crippen LogP contribution in [0.1, 0.15) is 56.1 Å². The molecule has 5 heteroatoms. The van der Waals surface area contributed by atoms with Crippen molar-refractivity contribution < 1.29 is 4.79 Å². The second-order valence-corrected chi connectivity index (χ2v) is 6.88. The third-order valence-electron chi connectivity index (χ3n) is 4.62. The van der Waals surface area contributed by atoms with Gasteiger partial charge in [0.15, 0.2) is 0 Å². The van der Waals surface area contributed by atoms with E-state index in [-0.39, 0.29) is 0 Å². The molecule has 1 fully saturated rings. The second-order valence-electron chi connectivity index (χ2n) is 6.88. The average Bonchev–Trinajstić information content (AvgIpc) is 2.54. The van der Waals surface area contributed by atoms with Crippen LogP contribution in [0.15, 0.2) is 6.20 Å². The summed E-state index contributed by atoms with van der Waals surface area (Å²) in [6.45, 7) is 7.78. The SMILES string of the molecule is CC(C)CC(=O)N1CCC(c2ncc3c(n2)CCNC3)CC1. The number of carbonyl (C=O) groups excluding carboxylic acids is 1. The number of nitrogens with one attached hydrogen (secondary N) is 1. The third-order valence-corrected chi connectivity index (χ3v) is 4.62. The number of fused-ring (bicyclic) bond motifs is 1. The number of aromatic nitrogens is 2. The molecule has 0 radical (unpaired) electrons. The van der Waals surface area contributed by atoms with E-state index < -0.39 is 0 Å². The standard InChI is InChI=1S/C17H26N4O/c1-12(2)9-16(22)21-7-4-13(5-8-21)17-19-11-14-10-18-6-3-15(14)20-17/h11-13,18H,3-10H2,1-2H3. The molecule has 1 N–H and O–H groups in total. The van der Waals surface area contributed by atoms with Crippen LogP contribution in [0.25, 0.3) is 0 Å². The largest absolute Gasteiger partial charge is 0.343 e. The number of amides is 1. The molecule has 3 heterocycles. The Balaban J connectivity index is 1.60. The summed E-state index contributed by atoms with van der Waals surface area (Å²) >= 11 is 0. The van der Waals surface area contributed by atoms with Gasteiger partial charge in [0.05, 0.1) is 0 Å². The van der Waals surface area contributed by atoms with Crippen LogP contribution in [0.4, 0.5) is 0 Å². The number of rotatable bonds is 3. The van der Waals surface area contributed by atoms with Gasteiger partial charge in [-0.1, -0.05) is 13.8 Å². The molecular formula is C17H26N4O. The maximum atomic E-state index is 12.1. The lowest BCUT2D eigenvalue weighted by Crippen LogP contribution is -2.38. The first-order valence-electron chi connectivity index (χ1n) is 8.46. The smallest absolute Gasteiger partial charge is 0.222 e. The van der Waals surface area contributed by atoms with Gasteiger partial charge in [-0.2, -0.15) is 0 Å². The van der Waals surface area contributed by atoms with E-state index in [0.717, 1.165) is 51.3 Å². The molecule has 0 aromatic carbocycles. The molecule has 0 saturated carbocycles. The molecule has 1 amide bonds. The van der Waals surface area contributed by atoms with Crippen LogP contribution >= 0.6 is 0 Å². The number of hydrogen-bond acceptors (Lipinski definition) is 4. The summed E-state index contributed by atoms with van der Waals surface area (Å²) in [7, 11) is 0. The Bertz CT molecular complexity index is 535. The fraction of sp³-hybridized carbons (Fsp3) is 0.706. The van der Waals surface area contributed by atoms with E-state index in [4.69, 9.17) is 4.98 Å². The fourth-order valence-corrected chi connectivity index (χ4v) is 3.31. The number of likely N-dealkylation sites (tertiary alicyclic amines) is 1. The maximum Gasteiger partial charge on any atom is 0.222 e. The van der Waals surface area contributed by atoms with Crippen LogP contribution in [0.3, 0.4) is 0 Å². The van der Waals surface area contributed by atoms with E-state index in [1.54, 1.807) is 0 Å². The van der Waals surface area contributed by atoms with E-state index in [1.807, 2.05) is 11.1 Å². The van der Waals surface area contributed by atoms with Crippen LogP contribution in [-0.2, 0) is 17.8 Å². The average molecular weight is 302 g/mol. The first-order valence-corrected chi connectivity index (χ1v) is 8.46. The summed E-state index contributed by atoms with van der Waals surface area (Å²) in [5.74, 6) is 2.12. The first-order chi connectivity index (χ1) is 10.6. The summed E-state index contributed by atoms with van der Waals surface area (Å²) in [6.07, 6.45) is 5.62. The third kappa shape index (κ3) is 3.46. The van der Waals surface area contributed by atoms with Gasteiger partial charge in [-0.15, -0.1) is 0 Å². The Morgan fingerprint density at radius 3 is 2.91 bits per heavy atom. The van der Waals surface area contributed by atoms with Crippen LogP contribution in [0, 0.1) is 5.92 Å². The van der Waals surface area contributed by atoms with Gasteiger partial charge in [0.2, 0.25) is 5.91 Å². The first kappa shape index (κ1) is 15.4. The quantitative estimate of drug-likeness (QED) is 0.926. The molecule has 0 aliphatic carbocycles. The van der Waals surface area contributed by atoms with Crippen molar-refractivity contribution in [1.29, 1.82) is 0 Å². The number of hydrogen-bond donors (Lipinski definition) is 1. The van der Waals surface area contributed by atoms with E-state index in [1.165, 1.54) is 11.3 Å². The van der Waals surface area contributed by atoms with Crippen LogP contribution in [-0.4, -0.2) is 40.4 Å². The Morgan fingerprint density at radius 1 is 1.41 bits per heavy atom. The molecule has 2 aliphatic heterocycles. The summed E-state index contributed by atoms with van der Waals surface area (Å²) in [5.41, 5.74) is 2.45. The number of nitrogens with zero attached hydrogens (tertiary/aromatic N) is 3. The number of piperidine rings is 1.